The topological polar surface area (TPSA) is 42.7 Å². The van der Waals surface area contributed by atoms with E-state index in [2.05, 4.69) is 6.92 Å². The van der Waals surface area contributed by atoms with Gasteiger partial charge in [0.1, 0.15) is 11.5 Å². The summed E-state index contributed by atoms with van der Waals surface area (Å²) < 4.78 is 10.8. The lowest BCUT2D eigenvalue weighted by Crippen LogP contribution is -2.39. The fraction of sp³-hybridized carbons (Fsp3) is 0.261. The van der Waals surface area contributed by atoms with Crippen LogP contribution < -0.4 is 4.74 Å². The van der Waals surface area contributed by atoms with E-state index < -0.39 is 0 Å². The van der Waals surface area contributed by atoms with Gasteiger partial charge in [0.2, 0.25) is 0 Å². The molecule has 3 aromatic rings. The monoisotopic (exact) mass is 363 g/mol. The number of para-hydroxylation sites is 1. The van der Waals surface area contributed by atoms with E-state index in [1.54, 1.807) is 19.4 Å². The summed E-state index contributed by atoms with van der Waals surface area (Å²) in [5.41, 5.74) is 2.79. The first-order valence-electron chi connectivity index (χ1n) is 9.11. The number of ether oxygens (including phenoxy) is 1. The molecule has 3 rings (SSSR count). The van der Waals surface area contributed by atoms with Crippen LogP contribution >= 0.6 is 0 Å². The van der Waals surface area contributed by atoms with Crippen LogP contribution in [0, 0.1) is 6.92 Å². The first kappa shape index (κ1) is 18.8. The third kappa shape index (κ3) is 4.40. The third-order valence-corrected chi connectivity index (χ3v) is 4.79. The molecule has 1 heterocycles. The van der Waals surface area contributed by atoms with Crippen molar-refractivity contribution in [2.45, 2.75) is 32.9 Å². The third-order valence-electron chi connectivity index (χ3n) is 4.79. The quantitative estimate of drug-likeness (QED) is 0.601. The second-order valence-electron chi connectivity index (χ2n) is 6.67. The minimum Gasteiger partial charge on any atom is -0.496 e. The van der Waals surface area contributed by atoms with Crippen LogP contribution in [0.25, 0.3) is 0 Å². The fourth-order valence-electron chi connectivity index (χ4n) is 3.27. The second-order valence-corrected chi connectivity index (χ2v) is 6.67. The highest BCUT2D eigenvalue weighted by molar-refractivity contribution is 5.95. The van der Waals surface area contributed by atoms with Gasteiger partial charge in [0, 0.05) is 12.6 Å². The standard InChI is InChI=1S/C23H25NO3/c1-17(15-20-11-7-8-12-22(20)26-3)24(16-19-9-5-4-6-10-19)23(25)21-13-14-27-18(21)2/h4-14,17H,15-16H2,1-3H3. The largest absolute Gasteiger partial charge is 0.496 e. The number of aryl methyl sites for hydroxylation is 1. The number of nitrogens with zero attached hydrogens (tertiary/aromatic N) is 1. The van der Waals surface area contributed by atoms with E-state index in [-0.39, 0.29) is 11.9 Å². The van der Waals surface area contributed by atoms with E-state index in [1.165, 1.54) is 0 Å². The fourth-order valence-corrected chi connectivity index (χ4v) is 3.27. The van der Waals surface area contributed by atoms with E-state index in [1.807, 2.05) is 66.4 Å². The van der Waals surface area contributed by atoms with Gasteiger partial charge in [-0.2, -0.15) is 0 Å². The Hall–Kier alpha value is -3.01. The number of rotatable bonds is 7. The summed E-state index contributed by atoms with van der Waals surface area (Å²) in [5, 5.41) is 0. The van der Waals surface area contributed by atoms with Gasteiger partial charge in [-0.05, 0) is 43.5 Å². The molecule has 27 heavy (non-hydrogen) atoms. The molecule has 0 saturated carbocycles. The van der Waals surface area contributed by atoms with Gasteiger partial charge < -0.3 is 14.1 Å². The minimum absolute atomic E-state index is 0.0108. The molecule has 1 atom stereocenters. The Kier molecular flexibility index (Phi) is 5.97. The van der Waals surface area contributed by atoms with Gasteiger partial charge in [-0.25, -0.2) is 0 Å². The Balaban J connectivity index is 1.88. The van der Waals surface area contributed by atoms with Gasteiger partial charge in [0.05, 0.1) is 18.9 Å². The maximum atomic E-state index is 13.3. The molecule has 0 saturated heterocycles. The average Bonchev–Trinajstić information content (AvgIpc) is 3.12. The van der Waals surface area contributed by atoms with Gasteiger partial charge in [-0.15, -0.1) is 0 Å². The van der Waals surface area contributed by atoms with Crippen LogP contribution in [0.5, 0.6) is 5.75 Å². The molecular formula is C23H25NO3. The van der Waals surface area contributed by atoms with Crippen molar-refractivity contribution in [1.29, 1.82) is 0 Å². The Bertz CT molecular complexity index is 885. The van der Waals surface area contributed by atoms with Crippen LogP contribution in [0.15, 0.2) is 71.3 Å². The zero-order chi connectivity index (χ0) is 19.2. The van der Waals surface area contributed by atoms with Crippen molar-refractivity contribution in [3.05, 3.63) is 89.4 Å². The molecule has 0 spiro atoms. The molecule has 4 nitrogen and oxygen atoms in total. The lowest BCUT2D eigenvalue weighted by atomic mass is 10.0. The predicted molar refractivity (Wildman–Crippen MR) is 106 cm³/mol. The zero-order valence-corrected chi connectivity index (χ0v) is 16.0. The highest BCUT2D eigenvalue weighted by Gasteiger charge is 2.25. The Labute approximate surface area is 160 Å². The smallest absolute Gasteiger partial charge is 0.257 e. The van der Waals surface area contributed by atoms with Crippen LogP contribution in [0.4, 0.5) is 0 Å². The summed E-state index contributed by atoms with van der Waals surface area (Å²) in [6, 6.07) is 19.7. The first-order valence-corrected chi connectivity index (χ1v) is 9.11. The molecule has 0 radical (unpaired) electrons. The van der Waals surface area contributed by atoms with Crippen LogP contribution in [-0.4, -0.2) is 24.0 Å². The van der Waals surface area contributed by atoms with Crippen LogP contribution in [0.1, 0.15) is 34.2 Å². The molecule has 0 aliphatic rings. The summed E-state index contributed by atoms with van der Waals surface area (Å²) in [6.45, 7) is 4.43. The Morgan fingerprint density at radius 3 is 2.44 bits per heavy atom. The van der Waals surface area contributed by atoms with E-state index in [9.17, 15) is 4.79 Å². The number of amides is 1. The SMILES string of the molecule is COc1ccccc1CC(C)N(Cc1ccccc1)C(=O)c1ccoc1C. The molecule has 0 bridgehead atoms. The summed E-state index contributed by atoms with van der Waals surface area (Å²) >= 11 is 0. The molecular weight excluding hydrogens is 338 g/mol. The van der Waals surface area contributed by atoms with Crippen molar-refractivity contribution in [3.8, 4) is 5.75 Å². The van der Waals surface area contributed by atoms with Crippen molar-refractivity contribution in [2.75, 3.05) is 7.11 Å². The molecule has 1 amide bonds. The normalized spacial score (nSPS) is 11.8. The number of furan rings is 1. The molecule has 0 aliphatic heterocycles. The van der Waals surface area contributed by atoms with Gasteiger partial charge in [-0.1, -0.05) is 48.5 Å². The number of benzene rings is 2. The Morgan fingerprint density at radius 2 is 1.78 bits per heavy atom. The number of hydrogen-bond donors (Lipinski definition) is 0. The summed E-state index contributed by atoms with van der Waals surface area (Å²) in [7, 11) is 1.67. The molecule has 0 N–H and O–H groups in total. The summed E-state index contributed by atoms with van der Waals surface area (Å²) in [6.07, 6.45) is 2.27. The van der Waals surface area contributed by atoms with E-state index >= 15 is 0 Å². The van der Waals surface area contributed by atoms with E-state index in [4.69, 9.17) is 9.15 Å². The van der Waals surface area contributed by atoms with E-state index in [0.29, 0.717) is 24.3 Å². The second kappa shape index (κ2) is 8.58. The molecule has 140 valence electrons. The number of carbonyl (C=O) groups is 1. The van der Waals surface area contributed by atoms with Gasteiger partial charge in [0.25, 0.3) is 5.91 Å². The lowest BCUT2D eigenvalue weighted by molar-refractivity contribution is 0.0673. The molecule has 4 heteroatoms. The van der Waals surface area contributed by atoms with Gasteiger partial charge in [0.15, 0.2) is 0 Å². The lowest BCUT2D eigenvalue weighted by Gasteiger charge is -2.30. The maximum Gasteiger partial charge on any atom is 0.257 e. The highest BCUT2D eigenvalue weighted by atomic mass is 16.5. The van der Waals surface area contributed by atoms with Crippen molar-refractivity contribution in [1.82, 2.24) is 4.90 Å². The number of methoxy groups -OCH3 is 1. The number of hydrogen-bond acceptors (Lipinski definition) is 3. The first-order chi connectivity index (χ1) is 13.1. The summed E-state index contributed by atoms with van der Waals surface area (Å²) in [5.74, 6) is 1.46. The van der Waals surface area contributed by atoms with Crippen LogP contribution in [0.3, 0.4) is 0 Å². The van der Waals surface area contributed by atoms with Crippen molar-refractivity contribution >= 4 is 5.91 Å². The average molecular weight is 363 g/mol. The molecule has 0 fully saturated rings. The molecule has 2 aromatic carbocycles. The molecule has 1 unspecified atom stereocenters. The molecule has 1 aromatic heterocycles. The minimum atomic E-state index is -0.0208. The van der Waals surface area contributed by atoms with Crippen LogP contribution in [0.2, 0.25) is 0 Å². The van der Waals surface area contributed by atoms with Crippen LogP contribution in [-0.2, 0) is 13.0 Å². The van der Waals surface area contributed by atoms with Crippen molar-refractivity contribution in [2.24, 2.45) is 0 Å². The summed E-state index contributed by atoms with van der Waals surface area (Å²) in [4.78, 5) is 15.2. The van der Waals surface area contributed by atoms with Gasteiger partial charge in [-0.3, -0.25) is 4.79 Å². The highest BCUT2D eigenvalue weighted by Crippen LogP contribution is 2.23. The van der Waals surface area contributed by atoms with Gasteiger partial charge >= 0.3 is 0 Å². The number of carbonyl (C=O) groups excluding carboxylic acids is 1. The zero-order valence-electron chi connectivity index (χ0n) is 16.0. The van der Waals surface area contributed by atoms with E-state index in [0.717, 1.165) is 16.9 Å². The van der Waals surface area contributed by atoms with Crippen molar-refractivity contribution < 1.29 is 13.9 Å². The Morgan fingerprint density at radius 1 is 1.07 bits per heavy atom. The van der Waals surface area contributed by atoms with Crippen molar-refractivity contribution in [3.63, 3.8) is 0 Å². The maximum absolute atomic E-state index is 13.3. The predicted octanol–water partition coefficient (Wildman–Crippen LogP) is 4.87. The molecule has 0 aliphatic carbocycles.